The van der Waals surface area contributed by atoms with Crippen LogP contribution in [0.4, 0.5) is 0 Å². The van der Waals surface area contributed by atoms with Gasteiger partial charge in [0.15, 0.2) is 11.8 Å². The maximum Gasteiger partial charge on any atom is 0.192 e. The van der Waals surface area contributed by atoms with Crippen LogP contribution in [-0.2, 0) is 33.6 Å². The van der Waals surface area contributed by atoms with Crippen LogP contribution in [0, 0.1) is 20.8 Å². The van der Waals surface area contributed by atoms with E-state index >= 15 is 0 Å². The van der Waals surface area contributed by atoms with Crippen molar-refractivity contribution in [2.45, 2.75) is 53.2 Å². The average molecular weight is 536 g/mol. The summed E-state index contributed by atoms with van der Waals surface area (Å²) in [6.07, 6.45) is 0.876. The molecular formula is C22H33IN8. The zero-order chi connectivity index (χ0) is 21.7. The Morgan fingerprint density at radius 1 is 1.10 bits per heavy atom. The minimum absolute atomic E-state index is 0. The summed E-state index contributed by atoms with van der Waals surface area (Å²) in [5.74, 6) is 2.51. The first-order valence-corrected chi connectivity index (χ1v) is 10.3. The Morgan fingerprint density at radius 2 is 1.81 bits per heavy atom. The third-order valence-electron chi connectivity index (χ3n) is 5.41. The number of hydrogen-bond acceptors (Lipinski definition) is 4. The number of halogens is 1. The van der Waals surface area contributed by atoms with Crippen molar-refractivity contribution >= 4 is 29.9 Å². The third kappa shape index (κ3) is 6.52. The van der Waals surface area contributed by atoms with E-state index < -0.39 is 0 Å². The predicted molar refractivity (Wildman–Crippen MR) is 135 cm³/mol. The maximum absolute atomic E-state index is 4.79. The molecule has 0 bridgehead atoms. The molecule has 0 aliphatic rings. The fourth-order valence-electron chi connectivity index (χ4n) is 3.38. The van der Waals surface area contributed by atoms with Gasteiger partial charge in [0.1, 0.15) is 5.82 Å². The summed E-state index contributed by atoms with van der Waals surface area (Å²) in [7, 11) is 3.96. The van der Waals surface area contributed by atoms with Gasteiger partial charge in [0.05, 0.1) is 18.8 Å². The fraction of sp³-hybridized carbons (Fsp3) is 0.455. The maximum atomic E-state index is 4.79. The van der Waals surface area contributed by atoms with Crippen molar-refractivity contribution in [2.24, 2.45) is 19.1 Å². The molecule has 3 aromatic rings. The lowest BCUT2D eigenvalue weighted by atomic mass is 10.1. The van der Waals surface area contributed by atoms with Gasteiger partial charge in [0, 0.05) is 25.8 Å². The number of nitrogens with zero attached hydrogens (tertiary/aromatic N) is 6. The number of hydrogen-bond donors (Lipinski definition) is 2. The van der Waals surface area contributed by atoms with Gasteiger partial charge in [-0.3, -0.25) is 4.68 Å². The molecule has 168 valence electrons. The van der Waals surface area contributed by atoms with Crippen molar-refractivity contribution in [3.63, 3.8) is 0 Å². The Hall–Kier alpha value is -2.43. The number of guanidine groups is 1. The number of aromatic nitrogens is 5. The third-order valence-corrected chi connectivity index (χ3v) is 5.41. The Kier molecular flexibility index (Phi) is 9.02. The van der Waals surface area contributed by atoms with E-state index in [0.717, 1.165) is 29.7 Å². The van der Waals surface area contributed by atoms with Crippen LogP contribution in [0.25, 0.3) is 0 Å². The molecule has 8 nitrogen and oxygen atoms in total. The number of benzene rings is 1. The summed E-state index contributed by atoms with van der Waals surface area (Å²) in [6.45, 7) is 9.44. The lowest BCUT2D eigenvalue weighted by Gasteiger charge is -2.19. The number of nitrogens with one attached hydrogen (secondary N) is 2. The van der Waals surface area contributed by atoms with Crippen molar-refractivity contribution in [1.82, 2.24) is 35.2 Å². The molecule has 3 rings (SSSR count). The average Bonchev–Trinajstić information content (AvgIpc) is 3.17. The molecule has 1 aromatic carbocycles. The summed E-state index contributed by atoms with van der Waals surface area (Å²) in [5.41, 5.74) is 4.73. The highest BCUT2D eigenvalue weighted by atomic mass is 127. The Bertz CT molecular complexity index is 1010. The molecule has 0 fully saturated rings. The summed E-state index contributed by atoms with van der Waals surface area (Å²) in [5, 5.41) is 19.8. The normalized spacial score (nSPS) is 12.4. The van der Waals surface area contributed by atoms with Gasteiger partial charge in [-0.2, -0.15) is 5.10 Å². The molecule has 0 saturated carbocycles. The topological polar surface area (TPSA) is 84.9 Å². The molecule has 1 atom stereocenters. The van der Waals surface area contributed by atoms with E-state index in [1.54, 1.807) is 0 Å². The second-order valence-electron chi connectivity index (χ2n) is 7.75. The van der Waals surface area contributed by atoms with Crippen LogP contribution >= 0.6 is 24.0 Å². The first-order valence-electron chi connectivity index (χ1n) is 10.3. The molecule has 0 aliphatic carbocycles. The largest absolute Gasteiger partial charge is 0.354 e. The quantitative estimate of drug-likeness (QED) is 0.276. The first kappa shape index (κ1) is 24.8. The highest BCUT2D eigenvalue weighted by molar-refractivity contribution is 14.0. The Labute approximate surface area is 201 Å². The zero-order valence-corrected chi connectivity index (χ0v) is 21.5. The van der Waals surface area contributed by atoms with E-state index in [9.17, 15) is 0 Å². The van der Waals surface area contributed by atoms with Gasteiger partial charge in [0.2, 0.25) is 0 Å². The summed E-state index contributed by atoms with van der Waals surface area (Å²) in [6, 6.07) is 10.4. The molecule has 0 amide bonds. The summed E-state index contributed by atoms with van der Waals surface area (Å²) < 4.78 is 3.92. The van der Waals surface area contributed by atoms with E-state index in [4.69, 9.17) is 4.99 Å². The number of rotatable bonds is 7. The van der Waals surface area contributed by atoms with Crippen LogP contribution in [-0.4, -0.2) is 36.5 Å². The predicted octanol–water partition coefficient (Wildman–Crippen LogP) is 2.96. The molecule has 1 unspecified atom stereocenters. The van der Waals surface area contributed by atoms with Crippen LogP contribution < -0.4 is 10.6 Å². The first-order chi connectivity index (χ1) is 14.3. The fourth-order valence-corrected chi connectivity index (χ4v) is 3.38. The van der Waals surface area contributed by atoms with Crippen LogP contribution in [0.3, 0.4) is 0 Å². The zero-order valence-electron chi connectivity index (χ0n) is 19.2. The second kappa shape index (κ2) is 11.3. The molecule has 0 saturated heterocycles. The van der Waals surface area contributed by atoms with Gasteiger partial charge >= 0.3 is 0 Å². The van der Waals surface area contributed by atoms with E-state index in [-0.39, 0.29) is 30.0 Å². The van der Waals surface area contributed by atoms with Gasteiger partial charge in [-0.05, 0) is 45.2 Å². The number of aliphatic imine (C=N–C) groups is 1. The van der Waals surface area contributed by atoms with Gasteiger partial charge in [-0.25, -0.2) is 4.99 Å². The molecule has 2 heterocycles. The van der Waals surface area contributed by atoms with Crippen LogP contribution in [0.15, 0.2) is 35.3 Å². The minimum Gasteiger partial charge on any atom is -0.354 e. The molecule has 0 radical (unpaired) electrons. The molecular weight excluding hydrogens is 503 g/mol. The Morgan fingerprint density at radius 3 is 2.39 bits per heavy atom. The lowest BCUT2D eigenvalue weighted by molar-refractivity contribution is 0.626. The smallest absolute Gasteiger partial charge is 0.192 e. The number of aryl methyl sites for hydroxylation is 3. The standard InChI is InChI=1S/C22H32N8.HI/c1-15(12-20-16(2)28-30(6)17(20)3)25-22(23-13-19-10-8-7-9-11-19)24-14-21-27-26-18(4)29(21)5;/h7-11,15H,12-14H2,1-6H3,(H2,23,24,25);1H. The van der Waals surface area contributed by atoms with Gasteiger partial charge in [-0.1, -0.05) is 30.3 Å². The second-order valence-corrected chi connectivity index (χ2v) is 7.75. The lowest BCUT2D eigenvalue weighted by Crippen LogP contribution is -2.43. The Balaban J connectivity index is 0.00000341. The SMILES string of the molecule is Cc1nn(C)c(C)c1CC(C)NC(=NCc1ccccc1)NCc1nnc(C)n1C.I. The van der Waals surface area contributed by atoms with Crippen molar-refractivity contribution < 1.29 is 0 Å². The molecule has 9 heteroatoms. The summed E-state index contributed by atoms with van der Waals surface area (Å²) in [4.78, 5) is 4.79. The van der Waals surface area contributed by atoms with Crippen molar-refractivity contribution in [3.8, 4) is 0 Å². The molecule has 0 spiro atoms. The van der Waals surface area contributed by atoms with Gasteiger partial charge < -0.3 is 15.2 Å². The minimum atomic E-state index is 0. The van der Waals surface area contributed by atoms with Gasteiger partial charge in [-0.15, -0.1) is 34.2 Å². The van der Waals surface area contributed by atoms with Crippen molar-refractivity contribution in [2.75, 3.05) is 0 Å². The van der Waals surface area contributed by atoms with Gasteiger partial charge in [0.25, 0.3) is 0 Å². The monoisotopic (exact) mass is 536 g/mol. The van der Waals surface area contributed by atoms with Crippen LogP contribution in [0.1, 0.15) is 41.1 Å². The van der Waals surface area contributed by atoms with Crippen LogP contribution in [0.5, 0.6) is 0 Å². The van der Waals surface area contributed by atoms with Crippen molar-refractivity contribution in [3.05, 3.63) is 64.5 Å². The highest BCUT2D eigenvalue weighted by Crippen LogP contribution is 2.14. The van der Waals surface area contributed by atoms with E-state index in [2.05, 4.69) is 58.8 Å². The molecule has 2 N–H and O–H groups in total. The summed E-state index contributed by atoms with van der Waals surface area (Å²) >= 11 is 0. The van der Waals surface area contributed by atoms with Crippen molar-refractivity contribution in [1.29, 1.82) is 0 Å². The van der Waals surface area contributed by atoms with E-state index in [1.807, 2.05) is 48.5 Å². The van der Waals surface area contributed by atoms with E-state index in [1.165, 1.54) is 16.8 Å². The highest BCUT2D eigenvalue weighted by Gasteiger charge is 2.15. The molecule has 31 heavy (non-hydrogen) atoms. The molecule has 2 aromatic heterocycles. The molecule has 0 aliphatic heterocycles. The van der Waals surface area contributed by atoms with Crippen LogP contribution in [0.2, 0.25) is 0 Å². The van der Waals surface area contributed by atoms with E-state index in [0.29, 0.717) is 13.1 Å².